The first-order valence-corrected chi connectivity index (χ1v) is 6.99. The fourth-order valence-electron chi connectivity index (χ4n) is 1.60. The van der Waals surface area contributed by atoms with Crippen LogP contribution in [0.2, 0.25) is 5.02 Å². The molecule has 1 heterocycles. The van der Waals surface area contributed by atoms with Gasteiger partial charge in [0.2, 0.25) is 0 Å². The summed E-state index contributed by atoms with van der Waals surface area (Å²) in [6, 6.07) is 7.29. The molecule has 0 atom stereocenters. The summed E-state index contributed by atoms with van der Waals surface area (Å²) >= 11 is 7.58. The maximum absolute atomic E-state index is 11.1. The molecule has 0 radical (unpaired) electrons. The van der Waals surface area contributed by atoms with Gasteiger partial charge in [-0.2, -0.15) is 0 Å². The maximum atomic E-state index is 11.1. The molecule has 1 N–H and O–H groups in total. The number of hydrogen-bond acceptors (Lipinski definition) is 3. The van der Waals surface area contributed by atoms with Gasteiger partial charge >= 0.3 is 5.97 Å². The fourth-order valence-corrected chi connectivity index (χ4v) is 2.81. The summed E-state index contributed by atoms with van der Waals surface area (Å²) in [5, 5.41) is 9.71. The Hall–Kier alpha value is -1.52. The van der Waals surface area contributed by atoms with Crippen LogP contribution < -0.4 is 0 Å². The number of pyridine rings is 1. The molecule has 1 aromatic carbocycles. The highest BCUT2D eigenvalue weighted by Crippen LogP contribution is 2.27. The normalized spacial score (nSPS) is 10.4. The third kappa shape index (κ3) is 3.49. The van der Waals surface area contributed by atoms with E-state index in [2.05, 4.69) is 4.98 Å². The van der Waals surface area contributed by atoms with Gasteiger partial charge in [0.1, 0.15) is 0 Å². The molecule has 98 valence electrons. The van der Waals surface area contributed by atoms with Gasteiger partial charge in [-0.05, 0) is 36.2 Å². The molecule has 0 saturated heterocycles. The Labute approximate surface area is 120 Å². The minimum absolute atomic E-state index is 0.339. The minimum Gasteiger partial charge on any atom is -0.478 e. The molecule has 19 heavy (non-hydrogen) atoms. The third-order valence-corrected chi connectivity index (χ3v) is 4.07. The third-order valence-electron chi connectivity index (χ3n) is 2.69. The molecule has 0 bridgehead atoms. The highest BCUT2D eigenvalue weighted by Gasteiger charge is 2.08. The Morgan fingerprint density at radius 1 is 1.42 bits per heavy atom. The minimum atomic E-state index is -0.901. The molecule has 0 amide bonds. The monoisotopic (exact) mass is 293 g/mol. The lowest BCUT2D eigenvalue weighted by Gasteiger charge is -2.06. The van der Waals surface area contributed by atoms with Crippen LogP contribution in [-0.2, 0) is 5.75 Å². The van der Waals surface area contributed by atoms with Crippen molar-refractivity contribution in [3.63, 3.8) is 0 Å². The quantitative estimate of drug-likeness (QED) is 0.865. The molecule has 5 heteroatoms. The number of aromatic nitrogens is 1. The lowest BCUT2D eigenvalue weighted by molar-refractivity contribution is 0.0696. The lowest BCUT2D eigenvalue weighted by atomic mass is 10.1. The molecule has 2 rings (SSSR count). The number of nitrogens with zero attached hydrogens (tertiary/aromatic N) is 1. The van der Waals surface area contributed by atoms with Gasteiger partial charge in [0.25, 0.3) is 0 Å². The largest absolute Gasteiger partial charge is 0.478 e. The molecule has 0 aliphatic carbocycles. The summed E-state index contributed by atoms with van der Waals surface area (Å²) < 4.78 is 0. The van der Waals surface area contributed by atoms with Gasteiger partial charge in [0.15, 0.2) is 0 Å². The Kier molecular flexibility index (Phi) is 4.45. The number of aryl methyl sites for hydroxylation is 1. The molecule has 0 fully saturated rings. The highest BCUT2D eigenvalue weighted by molar-refractivity contribution is 7.98. The summed E-state index contributed by atoms with van der Waals surface area (Å²) in [4.78, 5) is 15.9. The molecule has 2 aromatic rings. The van der Waals surface area contributed by atoms with Crippen LogP contribution in [0.15, 0.2) is 41.6 Å². The molecule has 0 spiro atoms. The fraction of sp³-hybridized carbons (Fsp3) is 0.143. The second-order valence-electron chi connectivity index (χ2n) is 4.04. The first-order valence-electron chi connectivity index (χ1n) is 5.63. The van der Waals surface area contributed by atoms with Crippen molar-refractivity contribution in [2.45, 2.75) is 17.6 Å². The first kappa shape index (κ1) is 13.9. The number of carboxylic acids is 1. The van der Waals surface area contributed by atoms with E-state index in [4.69, 9.17) is 16.7 Å². The predicted molar refractivity (Wildman–Crippen MR) is 76.9 cm³/mol. The van der Waals surface area contributed by atoms with Gasteiger partial charge in [0, 0.05) is 23.0 Å². The van der Waals surface area contributed by atoms with Crippen molar-refractivity contribution in [3.05, 3.63) is 58.4 Å². The standard InChI is InChI=1S/C14H12ClNO2S/c1-9-2-3-11(6-12(9)14(17)18)19-8-10-4-5-16-7-13(10)15/h2-7H,8H2,1H3,(H,17,18). The lowest BCUT2D eigenvalue weighted by Crippen LogP contribution is -1.99. The molecule has 0 saturated carbocycles. The summed E-state index contributed by atoms with van der Waals surface area (Å²) in [5.41, 5.74) is 2.09. The molecule has 0 unspecified atom stereocenters. The Morgan fingerprint density at radius 3 is 2.89 bits per heavy atom. The Balaban J connectivity index is 2.14. The van der Waals surface area contributed by atoms with Crippen molar-refractivity contribution >= 4 is 29.3 Å². The number of thioether (sulfide) groups is 1. The molecule has 1 aromatic heterocycles. The van der Waals surface area contributed by atoms with Crippen molar-refractivity contribution in [3.8, 4) is 0 Å². The summed E-state index contributed by atoms with van der Waals surface area (Å²) in [7, 11) is 0. The van der Waals surface area contributed by atoms with Gasteiger partial charge < -0.3 is 5.11 Å². The zero-order chi connectivity index (χ0) is 13.8. The van der Waals surface area contributed by atoms with E-state index < -0.39 is 5.97 Å². The SMILES string of the molecule is Cc1ccc(SCc2ccncc2Cl)cc1C(=O)O. The number of halogens is 1. The van der Waals surface area contributed by atoms with E-state index in [-0.39, 0.29) is 0 Å². The van der Waals surface area contributed by atoms with Gasteiger partial charge in [-0.1, -0.05) is 17.7 Å². The number of aromatic carboxylic acids is 1. The second-order valence-corrected chi connectivity index (χ2v) is 5.49. The first-order chi connectivity index (χ1) is 9.08. The van der Waals surface area contributed by atoms with Crippen molar-refractivity contribution in [2.24, 2.45) is 0 Å². The number of benzene rings is 1. The number of carbonyl (C=O) groups is 1. The predicted octanol–water partition coefficient (Wildman–Crippen LogP) is 4.03. The van der Waals surface area contributed by atoms with Crippen LogP contribution in [0.4, 0.5) is 0 Å². The number of hydrogen-bond donors (Lipinski definition) is 1. The average molecular weight is 294 g/mol. The van der Waals surface area contributed by atoms with Gasteiger partial charge in [-0.15, -0.1) is 11.8 Å². The van der Waals surface area contributed by atoms with Crippen molar-refractivity contribution < 1.29 is 9.90 Å². The van der Waals surface area contributed by atoms with Crippen LogP contribution >= 0.6 is 23.4 Å². The van der Waals surface area contributed by atoms with E-state index in [1.807, 2.05) is 18.2 Å². The van der Waals surface area contributed by atoms with Gasteiger partial charge in [-0.3, -0.25) is 4.98 Å². The topological polar surface area (TPSA) is 50.2 Å². The summed E-state index contributed by atoms with van der Waals surface area (Å²) in [6.07, 6.45) is 3.30. The van der Waals surface area contributed by atoms with E-state index in [0.717, 1.165) is 16.0 Å². The van der Waals surface area contributed by atoms with Crippen LogP contribution in [-0.4, -0.2) is 16.1 Å². The molecule has 0 aliphatic rings. The van der Waals surface area contributed by atoms with E-state index in [1.54, 1.807) is 37.1 Å². The van der Waals surface area contributed by atoms with Crippen LogP contribution in [0.5, 0.6) is 0 Å². The van der Waals surface area contributed by atoms with Crippen molar-refractivity contribution in [2.75, 3.05) is 0 Å². The van der Waals surface area contributed by atoms with E-state index in [1.165, 1.54) is 0 Å². The summed E-state index contributed by atoms with van der Waals surface area (Å²) in [5.74, 6) is -0.217. The highest BCUT2D eigenvalue weighted by atomic mass is 35.5. The molecule has 3 nitrogen and oxygen atoms in total. The van der Waals surface area contributed by atoms with Gasteiger partial charge in [0.05, 0.1) is 10.6 Å². The van der Waals surface area contributed by atoms with E-state index >= 15 is 0 Å². The molecule has 0 aliphatic heterocycles. The van der Waals surface area contributed by atoms with Crippen LogP contribution in [0.25, 0.3) is 0 Å². The number of carboxylic acid groups (broad SMARTS) is 1. The van der Waals surface area contributed by atoms with Crippen molar-refractivity contribution in [1.29, 1.82) is 0 Å². The van der Waals surface area contributed by atoms with Crippen LogP contribution in [0.3, 0.4) is 0 Å². The average Bonchev–Trinajstić information content (AvgIpc) is 2.39. The zero-order valence-corrected chi connectivity index (χ0v) is 11.8. The van der Waals surface area contributed by atoms with Crippen molar-refractivity contribution in [1.82, 2.24) is 4.98 Å². The number of rotatable bonds is 4. The Morgan fingerprint density at radius 2 is 2.21 bits per heavy atom. The van der Waals surface area contributed by atoms with E-state index in [0.29, 0.717) is 16.3 Å². The smallest absolute Gasteiger partial charge is 0.335 e. The second kappa shape index (κ2) is 6.08. The molecular formula is C14H12ClNO2S. The van der Waals surface area contributed by atoms with Crippen LogP contribution in [0, 0.1) is 6.92 Å². The van der Waals surface area contributed by atoms with Gasteiger partial charge in [-0.25, -0.2) is 4.79 Å². The summed E-state index contributed by atoms with van der Waals surface area (Å²) in [6.45, 7) is 1.79. The zero-order valence-electron chi connectivity index (χ0n) is 10.3. The van der Waals surface area contributed by atoms with Crippen LogP contribution in [0.1, 0.15) is 21.5 Å². The maximum Gasteiger partial charge on any atom is 0.335 e. The Bertz CT molecular complexity index is 616. The van der Waals surface area contributed by atoms with E-state index in [9.17, 15) is 4.79 Å². The molecular weight excluding hydrogens is 282 g/mol.